The van der Waals surface area contributed by atoms with E-state index in [1.54, 1.807) is 12.1 Å². The number of hydrogen-bond donors (Lipinski definition) is 2. The summed E-state index contributed by atoms with van der Waals surface area (Å²) in [6.07, 6.45) is -0.196. The molecule has 2 rings (SSSR count). The zero-order valence-electron chi connectivity index (χ0n) is 12.4. The molecule has 0 fully saturated rings. The molecule has 0 radical (unpaired) electrons. The minimum atomic E-state index is -1.18. The first-order valence-electron chi connectivity index (χ1n) is 6.91. The maximum atomic E-state index is 11.2. The summed E-state index contributed by atoms with van der Waals surface area (Å²) in [5, 5.41) is 18.0. The van der Waals surface area contributed by atoms with E-state index in [0.29, 0.717) is 11.3 Å². The predicted octanol–water partition coefficient (Wildman–Crippen LogP) is 2.99. The van der Waals surface area contributed by atoms with E-state index in [-0.39, 0.29) is 24.2 Å². The highest BCUT2D eigenvalue weighted by Gasteiger charge is 2.15. The van der Waals surface area contributed by atoms with Crippen LogP contribution in [-0.4, -0.2) is 22.2 Å². The first kappa shape index (κ1) is 16.3. The van der Waals surface area contributed by atoms with Crippen LogP contribution in [0.3, 0.4) is 0 Å². The van der Waals surface area contributed by atoms with E-state index >= 15 is 0 Å². The number of rotatable bonds is 7. The zero-order valence-corrected chi connectivity index (χ0v) is 12.4. The second kappa shape index (κ2) is 7.26. The van der Waals surface area contributed by atoms with Crippen LogP contribution in [0.25, 0.3) is 5.57 Å². The van der Waals surface area contributed by atoms with Gasteiger partial charge in [-0.15, -0.1) is 0 Å². The zero-order chi connectivity index (χ0) is 16.8. The van der Waals surface area contributed by atoms with Gasteiger partial charge >= 0.3 is 11.9 Å². The molecule has 23 heavy (non-hydrogen) atoms. The molecule has 0 saturated carbocycles. The van der Waals surface area contributed by atoms with Gasteiger partial charge in [0.05, 0.1) is 12.0 Å². The van der Waals surface area contributed by atoms with E-state index in [4.69, 9.17) is 14.9 Å². The molecule has 0 aliphatic carbocycles. The number of hydrogen-bond acceptors (Lipinski definition) is 3. The molecule has 0 heterocycles. The lowest BCUT2D eigenvalue weighted by Gasteiger charge is -2.13. The Labute approximate surface area is 133 Å². The van der Waals surface area contributed by atoms with Crippen LogP contribution in [0.5, 0.6) is 5.75 Å². The molecule has 2 aromatic carbocycles. The molecule has 118 valence electrons. The Kier molecular flexibility index (Phi) is 5.15. The van der Waals surface area contributed by atoms with Crippen molar-refractivity contribution >= 4 is 17.5 Å². The topological polar surface area (TPSA) is 83.8 Å². The van der Waals surface area contributed by atoms with E-state index in [2.05, 4.69) is 6.58 Å². The second-order valence-corrected chi connectivity index (χ2v) is 4.96. The van der Waals surface area contributed by atoms with Crippen molar-refractivity contribution in [1.82, 2.24) is 0 Å². The van der Waals surface area contributed by atoms with Gasteiger partial charge in [0.1, 0.15) is 12.4 Å². The molecule has 2 aromatic rings. The van der Waals surface area contributed by atoms with Gasteiger partial charge in [0.15, 0.2) is 0 Å². The number of carboxylic acids is 2. The number of carbonyl (C=O) groups is 2. The summed E-state index contributed by atoms with van der Waals surface area (Å²) < 4.78 is 5.68. The summed E-state index contributed by atoms with van der Waals surface area (Å²) in [6.45, 7) is 3.81. The van der Waals surface area contributed by atoms with Crippen LogP contribution in [0, 0.1) is 0 Å². The molecule has 2 N–H and O–H groups in total. The van der Waals surface area contributed by atoms with Gasteiger partial charge in [-0.1, -0.05) is 43.0 Å². The quantitative estimate of drug-likeness (QED) is 0.768. The van der Waals surface area contributed by atoms with Crippen molar-refractivity contribution in [1.29, 1.82) is 0 Å². The smallest absolute Gasteiger partial charge is 0.335 e. The van der Waals surface area contributed by atoms with Crippen LogP contribution < -0.4 is 4.74 Å². The summed E-state index contributed by atoms with van der Waals surface area (Å²) in [7, 11) is 0. The van der Waals surface area contributed by atoms with Crippen LogP contribution >= 0.6 is 0 Å². The third kappa shape index (κ3) is 4.44. The Morgan fingerprint density at radius 1 is 1.00 bits per heavy atom. The standard InChI is InChI=1S/C18H16O5/c1-12(18(21)22)15-9-14(10-17(19)20)7-8-16(15)23-11-13-5-3-2-4-6-13/h2-9H,1,10-11H2,(H,19,20)(H,21,22). The van der Waals surface area contributed by atoms with Crippen molar-refractivity contribution < 1.29 is 24.5 Å². The van der Waals surface area contributed by atoms with Gasteiger partial charge in [-0.05, 0) is 23.3 Å². The molecule has 0 aromatic heterocycles. The highest BCUT2D eigenvalue weighted by atomic mass is 16.5. The lowest BCUT2D eigenvalue weighted by atomic mass is 10.0. The largest absolute Gasteiger partial charge is 0.488 e. The lowest BCUT2D eigenvalue weighted by Crippen LogP contribution is -2.05. The van der Waals surface area contributed by atoms with Crippen molar-refractivity contribution in [3.05, 3.63) is 71.8 Å². The Balaban J connectivity index is 2.28. The number of aliphatic carboxylic acids is 2. The highest BCUT2D eigenvalue weighted by Crippen LogP contribution is 2.28. The fraction of sp³-hybridized carbons (Fsp3) is 0.111. The van der Waals surface area contributed by atoms with E-state index < -0.39 is 11.9 Å². The monoisotopic (exact) mass is 312 g/mol. The Morgan fingerprint density at radius 3 is 2.30 bits per heavy atom. The third-order valence-electron chi connectivity index (χ3n) is 3.22. The molecule has 0 aliphatic heterocycles. The summed E-state index contributed by atoms with van der Waals surface area (Å²) >= 11 is 0. The molecule has 0 unspecified atom stereocenters. The minimum Gasteiger partial charge on any atom is -0.488 e. The van der Waals surface area contributed by atoms with E-state index in [0.717, 1.165) is 5.56 Å². The van der Waals surface area contributed by atoms with E-state index in [9.17, 15) is 9.59 Å². The van der Waals surface area contributed by atoms with Crippen LogP contribution in [0.15, 0.2) is 55.1 Å². The van der Waals surface area contributed by atoms with Gasteiger partial charge in [0, 0.05) is 5.56 Å². The normalized spacial score (nSPS) is 10.1. The highest BCUT2D eigenvalue weighted by molar-refractivity contribution is 6.15. The third-order valence-corrected chi connectivity index (χ3v) is 3.22. The lowest BCUT2D eigenvalue weighted by molar-refractivity contribution is -0.136. The number of benzene rings is 2. The molecular formula is C18H16O5. The van der Waals surface area contributed by atoms with Gasteiger partial charge in [-0.25, -0.2) is 4.79 Å². The fourth-order valence-electron chi connectivity index (χ4n) is 2.07. The molecule has 0 atom stereocenters. The van der Waals surface area contributed by atoms with E-state index in [1.807, 2.05) is 30.3 Å². The predicted molar refractivity (Wildman–Crippen MR) is 85.2 cm³/mol. The number of ether oxygens (including phenoxy) is 1. The molecule has 0 amide bonds. The van der Waals surface area contributed by atoms with Crippen molar-refractivity contribution in [2.45, 2.75) is 13.0 Å². The van der Waals surface area contributed by atoms with Crippen LogP contribution in [0.2, 0.25) is 0 Å². The summed E-state index contributed by atoms with van der Waals surface area (Å²) in [6, 6.07) is 14.1. The van der Waals surface area contributed by atoms with Crippen molar-refractivity contribution in [2.24, 2.45) is 0 Å². The van der Waals surface area contributed by atoms with Crippen molar-refractivity contribution in [2.75, 3.05) is 0 Å². The molecule has 0 spiro atoms. The molecular weight excluding hydrogens is 296 g/mol. The average Bonchev–Trinajstić information content (AvgIpc) is 2.53. The van der Waals surface area contributed by atoms with Crippen LogP contribution in [-0.2, 0) is 22.6 Å². The van der Waals surface area contributed by atoms with Gasteiger partial charge in [-0.3, -0.25) is 4.79 Å². The van der Waals surface area contributed by atoms with Gasteiger partial charge < -0.3 is 14.9 Å². The fourth-order valence-corrected chi connectivity index (χ4v) is 2.07. The van der Waals surface area contributed by atoms with Crippen molar-refractivity contribution in [3.8, 4) is 5.75 Å². The average molecular weight is 312 g/mol. The maximum absolute atomic E-state index is 11.2. The molecule has 0 aliphatic rings. The molecule has 0 bridgehead atoms. The molecule has 0 saturated heterocycles. The Morgan fingerprint density at radius 2 is 1.70 bits per heavy atom. The van der Waals surface area contributed by atoms with Crippen LogP contribution in [0.4, 0.5) is 0 Å². The Hall–Kier alpha value is -3.08. The van der Waals surface area contributed by atoms with Gasteiger partial charge in [-0.2, -0.15) is 0 Å². The minimum absolute atomic E-state index is 0.139. The Bertz CT molecular complexity index is 734. The van der Waals surface area contributed by atoms with Gasteiger partial charge in [0.25, 0.3) is 0 Å². The van der Waals surface area contributed by atoms with Crippen molar-refractivity contribution in [3.63, 3.8) is 0 Å². The number of carboxylic acid groups (broad SMARTS) is 2. The molecule has 5 nitrogen and oxygen atoms in total. The SMILES string of the molecule is C=C(C(=O)O)c1cc(CC(=O)O)ccc1OCc1ccccc1. The first-order chi connectivity index (χ1) is 11.0. The summed E-state index contributed by atoms with van der Waals surface area (Å²) in [5.41, 5.74) is 1.57. The second-order valence-electron chi connectivity index (χ2n) is 4.96. The van der Waals surface area contributed by atoms with Gasteiger partial charge in [0.2, 0.25) is 0 Å². The van der Waals surface area contributed by atoms with E-state index in [1.165, 1.54) is 6.07 Å². The van der Waals surface area contributed by atoms with Crippen LogP contribution in [0.1, 0.15) is 16.7 Å². The maximum Gasteiger partial charge on any atom is 0.335 e. The summed E-state index contributed by atoms with van der Waals surface area (Å²) in [5.74, 6) is -1.81. The molecule has 5 heteroatoms. The summed E-state index contributed by atoms with van der Waals surface area (Å²) in [4.78, 5) is 22.0. The first-order valence-corrected chi connectivity index (χ1v) is 6.91.